The number of halogens is 2. The van der Waals surface area contributed by atoms with Crippen molar-refractivity contribution in [2.24, 2.45) is 5.92 Å². The number of nitrogens with zero attached hydrogens (tertiary/aromatic N) is 2. The number of nitrogens with one attached hydrogen (secondary N) is 2. The Labute approximate surface area is 160 Å². The van der Waals surface area contributed by atoms with Crippen molar-refractivity contribution >= 4 is 11.3 Å². The smallest absolute Gasteiger partial charge is 0.246 e. The molecule has 0 saturated heterocycles. The predicted molar refractivity (Wildman–Crippen MR) is 107 cm³/mol. The summed E-state index contributed by atoms with van der Waals surface area (Å²) in [7, 11) is 0. The Kier molecular flexibility index (Phi) is 7.39. The molecule has 1 atom stereocenters. The quantitative estimate of drug-likeness (QED) is 0.705. The molecule has 4 nitrogen and oxygen atoms in total. The largest absolute Gasteiger partial charge is 0.387 e. The Morgan fingerprint density at radius 3 is 2.63 bits per heavy atom. The van der Waals surface area contributed by atoms with Crippen LogP contribution in [0.5, 0.6) is 0 Å². The molecule has 0 bridgehead atoms. The molecule has 0 aromatic carbocycles. The second-order valence-corrected chi connectivity index (χ2v) is 6.63. The molecule has 148 valence electrons. The molecule has 1 saturated carbocycles. The van der Waals surface area contributed by atoms with E-state index in [9.17, 15) is 8.78 Å². The van der Waals surface area contributed by atoms with Crippen LogP contribution in [0.3, 0.4) is 0 Å². The van der Waals surface area contributed by atoms with Crippen molar-refractivity contribution in [3.05, 3.63) is 54.3 Å². The zero-order valence-corrected chi connectivity index (χ0v) is 16.6. The number of aryl methyl sites for hydroxylation is 1. The Balaban J connectivity index is 0.00000126. The van der Waals surface area contributed by atoms with Crippen molar-refractivity contribution in [3.8, 4) is 0 Å². The molecule has 1 unspecified atom stereocenters. The molecule has 2 N–H and O–H groups in total. The zero-order chi connectivity index (χ0) is 20.0. The number of fused-ring (bicyclic) bond motifs is 1. The Morgan fingerprint density at radius 1 is 1.33 bits per heavy atom. The average Bonchev–Trinajstić information content (AvgIpc) is 3.06. The van der Waals surface area contributed by atoms with Gasteiger partial charge in [-0.15, -0.1) is 0 Å². The van der Waals surface area contributed by atoms with Crippen LogP contribution in [-0.2, 0) is 0 Å². The number of rotatable bonds is 7. The summed E-state index contributed by atoms with van der Waals surface area (Å²) in [5.41, 5.74) is 3.62. The van der Waals surface area contributed by atoms with Gasteiger partial charge in [0.2, 0.25) is 6.43 Å². The molecular weight excluding hydrogens is 346 g/mol. The second kappa shape index (κ2) is 9.53. The van der Waals surface area contributed by atoms with Gasteiger partial charge in [0.1, 0.15) is 5.65 Å². The van der Waals surface area contributed by atoms with Crippen LogP contribution < -0.4 is 10.6 Å². The van der Waals surface area contributed by atoms with Gasteiger partial charge in [-0.1, -0.05) is 27.4 Å². The first kappa shape index (κ1) is 20.9. The summed E-state index contributed by atoms with van der Waals surface area (Å²) in [6, 6.07) is 4.20. The number of alkyl halides is 2. The van der Waals surface area contributed by atoms with Gasteiger partial charge >= 0.3 is 0 Å². The summed E-state index contributed by atoms with van der Waals surface area (Å²) >= 11 is 0. The minimum atomic E-state index is -2.44. The summed E-state index contributed by atoms with van der Waals surface area (Å²) in [5, 5.41) is 6.32. The van der Waals surface area contributed by atoms with Crippen molar-refractivity contribution in [2.45, 2.75) is 59.4 Å². The molecule has 3 rings (SSSR count). The third kappa shape index (κ3) is 4.87. The SMILES string of the molecule is C=C(N/C(=C/NC1CCC1)C(C)C(F)F)c1ccn2c(C)ccnc12.CC. The molecule has 1 aliphatic carbocycles. The topological polar surface area (TPSA) is 41.4 Å². The van der Waals surface area contributed by atoms with E-state index in [1.54, 1.807) is 12.4 Å². The Morgan fingerprint density at radius 2 is 2.04 bits per heavy atom. The summed E-state index contributed by atoms with van der Waals surface area (Å²) in [6.07, 6.45) is 6.24. The third-order valence-corrected chi connectivity index (χ3v) is 4.82. The van der Waals surface area contributed by atoms with E-state index >= 15 is 0 Å². The van der Waals surface area contributed by atoms with Crippen molar-refractivity contribution in [3.63, 3.8) is 0 Å². The van der Waals surface area contributed by atoms with Crippen LogP contribution in [0, 0.1) is 12.8 Å². The van der Waals surface area contributed by atoms with E-state index in [2.05, 4.69) is 22.2 Å². The first-order chi connectivity index (χ1) is 13.0. The Hall–Kier alpha value is -2.37. The van der Waals surface area contributed by atoms with E-state index in [-0.39, 0.29) is 0 Å². The zero-order valence-electron chi connectivity index (χ0n) is 16.6. The first-order valence-corrected chi connectivity index (χ1v) is 9.60. The van der Waals surface area contributed by atoms with E-state index in [1.165, 1.54) is 13.3 Å². The number of hydrogen-bond donors (Lipinski definition) is 2. The highest BCUT2D eigenvalue weighted by molar-refractivity contribution is 5.75. The van der Waals surface area contributed by atoms with E-state index in [4.69, 9.17) is 0 Å². The van der Waals surface area contributed by atoms with Crippen LogP contribution >= 0.6 is 0 Å². The van der Waals surface area contributed by atoms with Crippen LogP contribution in [0.25, 0.3) is 11.3 Å². The maximum Gasteiger partial charge on any atom is 0.246 e. The van der Waals surface area contributed by atoms with Crippen LogP contribution in [0.1, 0.15) is 51.3 Å². The summed E-state index contributed by atoms with van der Waals surface area (Å²) in [4.78, 5) is 4.39. The molecule has 1 aliphatic rings. The van der Waals surface area contributed by atoms with Crippen molar-refractivity contribution in [2.75, 3.05) is 0 Å². The fraction of sp³-hybridized carbons (Fsp3) is 0.476. The van der Waals surface area contributed by atoms with E-state index < -0.39 is 12.3 Å². The summed E-state index contributed by atoms with van der Waals surface area (Å²) in [6.45, 7) is 11.5. The van der Waals surface area contributed by atoms with E-state index in [1.807, 2.05) is 43.5 Å². The van der Waals surface area contributed by atoms with Gasteiger partial charge in [0.15, 0.2) is 0 Å². The van der Waals surface area contributed by atoms with E-state index in [0.29, 0.717) is 17.4 Å². The van der Waals surface area contributed by atoms with Gasteiger partial charge < -0.3 is 15.0 Å². The van der Waals surface area contributed by atoms with Gasteiger partial charge in [-0.3, -0.25) is 0 Å². The summed E-state index contributed by atoms with van der Waals surface area (Å²) in [5.74, 6) is -0.909. The molecule has 0 amide bonds. The van der Waals surface area contributed by atoms with Crippen LogP contribution in [0.15, 0.2) is 43.0 Å². The number of aromatic nitrogens is 2. The van der Waals surface area contributed by atoms with Crippen LogP contribution in [0.2, 0.25) is 0 Å². The molecule has 2 aromatic rings. The highest BCUT2D eigenvalue weighted by Gasteiger charge is 2.22. The van der Waals surface area contributed by atoms with Gasteiger partial charge in [-0.05, 0) is 38.3 Å². The maximum absolute atomic E-state index is 13.2. The molecular formula is C21H30F2N4. The lowest BCUT2D eigenvalue weighted by molar-refractivity contribution is 0.101. The minimum absolute atomic E-state index is 0.384. The molecule has 6 heteroatoms. The number of hydrogen-bond acceptors (Lipinski definition) is 3. The summed E-state index contributed by atoms with van der Waals surface area (Å²) < 4.78 is 28.4. The molecule has 27 heavy (non-hydrogen) atoms. The third-order valence-electron chi connectivity index (χ3n) is 4.82. The lowest BCUT2D eigenvalue weighted by atomic mass is 9.93. The lowest BCUT2D eigenvalue weighted by Gasteiger charge is -2.27. The van der Waals surface area contributed by atoms with Crippen LogP contribution in [0.4, 0.5) is 8.78 Å². The number of allylic oxidation sites excluding steroid dienone is 1. The maximum atomic E-state index is 13.2. The van der Waals surface area contributed by atoms with Crippen molar-refractivity contribution in [1.82, 2.24) is 20.0 Å². The van der Waals surface area contributed by atoms with Gasteiger partial charge in [-0.25, -0.2) is 13.8 Å². The fourth-order valence-corrected chi connectivity index (χ4v) is 2.81. The minimum Gasteiger partial charge on any atom is -0.387 e. The molecule has 2 aromatic heterocycles. The normalized spacial score (nSPS) is 15.7. The van der Waals surface area contributed by atoms with Gasteiger partial charge in [-0.2, -0.15) is 0 Å². The highest BCUT2D eigenvalue weighted by atomic mass is 19.3. The second-order valence-electron chi connectivity index (χ2n) is 6.63. The van der Waals surface area contributed by atoms with Gasteiger partial charge in [0.25, 0.3) is 0 Å². The molecule has 2 heterocycles. The van der Waals surface area contributed by atoms with Gasteiger partial charge in [0.05, 0.1) is 5.92 Å². The van der Waals surface area contributed by atoms with Crippen LogP contribution in [-0.4, -0.2) is 21.9 Å². The molecule has 1 fully saturated rings. The molecule has 0 aliphatic heterocycles. The highest BCUT2D eigenvalue weighted by Crippen LogP contribution is 2.24. The lowest BCUT2D eigenvalue weighted by Crippen LogP contribution is -2.33. The fourth-order valence-electron chi connectivity index (χ4n) is 2.81. The predicted octanol–water partition coefficient (Wildman–Crippen LogP) is 5.11. The van der Waals surface area contributed by atoms with Crippen molar-refractivity contribution < 1.29 is 8.78 Å². The first-order valence-electron chi connectivity index (χ1n) is 9.60. The van der Waals surface area contributed by atoms with Gasteiger partial charge in [0, 0.05) is 47.3 Å². The standard InChI is InChI=1S/C19H24F2N4.C2H6/c1-12-7-9-22-19-16(8-10-25(12)19)14(3)24-17(13(2)18(20)21)11-23-15-5-4-6-15;1-2/h7-11,13,15,18,23-24H,3-6H2,1-2H3;1-2H3/b17-11+;. The monoisotopic (exact) mass is 376 g/mol. The van der Waals surface area contributed by atoms with E-state index in [0.717, 1.165) is 29.7 Å². The average molecular weight is 376 g/mol. The molecule has 0 radical (unpaired) electrons. The molecule has 0 spiro atoms. The van der Waals surface area contributed by atoms with Crippen molar-refractivity contribution in [1.29, 1.82) is 0 Å². The Bertz CT molecular complexity index is 791.